The number of hydrogen-bond donors (Lipinski definition) is 10. The summed E-state index contributed by atoms with van der Waals surface area (Å²) in [6, 6.07) is -0.997. The van der Waals surface area contributed by atoms with E-state index in [4.69, 9.17) is 39.0 Å². The van der Waals surface area contributed by atoms with E-state index in [0.717, 1.165) is 100 Å². The van der Waals surface area contributed by atoms with Gasteiger partial charge in [0, 0.05) is 115 Å². The summed E-state index contributed by atoms with van der Waals surface area (Å²) in [7, 11) is 0. The molecule has 10 N–H and O–H groups in total. The highest BCUT2D eigenvalue weighted by molar-refractivity contribution is 5.83. The summed E-state index contributed by atoms with van der Waals surface area (Å²) in [5.41, 5.74) is -2.58. The van der Waals surface area contributed by atoms with Crippen LogP contribution >= 0.6 is 0 Å². The molecule has 0 aliphatic rings. The average Bonchev–Trinajstić information content (AvgIpc) is 1.86. The van der Waals surface area contributed by atoms with E-state index in [1.54, 1.807) is 6.92 Å². The maximum Gasteiger partial charge on any atom is 0.330 e. The first-order valence-electron chi connectivity index (χ1n) is 32.2. The molecule has 28 heteroatoms. The number of ether oxygens (including phenoxy) is 5. The van der Waals surface area contributed by atoms with E-state index < -0.39 is 73.2 Å². The van der Waals surface area contributed by atoms with Crippen LogP contribution in [0.3, 0.4) is 0 Å². The molecule has 0 aliphatic heterocycles. The Morgan fingerprint density at radius 2 is 0.739 bits per heavy atom. The third-order valence-corrected chi connectivity index (χ3v) is 12.9. The van der Waals surface area contributed by atoms with Crippen molar-refractivity contribution >= 4 is 53.9 Å². The van der Waals surface area contributed by atoms with E-state index in [1.807, 2.05) is 4.90 Å². The number of amides is 9. The van der Waals surface area contributed by atoms with Crippen LogP contribution in [0.1, 0.15) is 145 Å². The number of hydrogen-bond acceptors (Lipinski definition) is 19. The summed E-state index contributed by atoms with van der Waals surface area (Å²) < 4.78 is 25.3. The van der Waals surface area contributed by atoms with Gasteiger partial charge in [-0.25, -0.2) is 38.4 Å². The molecule has 28 nitrogen and oxygen atoms in total. The van der Waals surface area contributed by atoms with Gasteiger partial charge in [-0.2, -0.15) is 0 Å². The maximum absolute atomic E-state index is 13.3. The van der Waals surface area contributed by atoms with Gasteiger partial charge >= 0.3 is 48.0 Å². The smallest absolute Gasteiger partial charge is 0.330 e. The SMILES string of the molecule is C=CC(=O)OCC(C)(COC(=O)C=C)CC(=O)N(CCO)CCN(CCO)C(=O)NC(C)(COC(=O)C=C)COC(=O)C=C.CCCCCCNC(=O)N(CCC)CCC.CCCCCCNC(=O)N(CCO)CCO.CCCCCCNC(=O)NCCOCCO. The number of rotatable bonds is 50. The molecule has 0 spiro atoms. The topological polar surface area (TPSA) is 374 Å². The van der Waals surface area contributed by atoms with Crippen molar-refractivity contribution in [1.29, 1.82) is 0 Å². The number of esters is 4. The van der Waals surface area contributed by atoms with E-state index >= 15 is 0 Å². The highest BCUT2D eigenvalue weighted by Gasteiger charge is 2.35. The first-order valence-corrected chi connectivity index (χ1v) is 32.2. The molecule has 0 saturated heterocycles. The molecule has 0 unspecified atom stereocenters. The molecular weight excluding hydrogens is 1200 g/mol. The Bertz CT molecular complexity index is 1820. The van der Waals surface area contributed by atoms with Crippen molar-refractivity contribution < 1.29 is 92.4 Å². The summed E-state index contributed by atoms with van der Waals surface area (Å²) in [5, 5.41) is 59.0. The number of unbranched alkanes of at least 4 members (excludes halogenated alkanes) is 9. The van der Waals surface area contributed by atoms with Crippen LogP contribution in [0.4, 0.5) is 19.2 Å². The van der Waals surface area contributed by atoms with E-state index in [0.29, 0.717) is 26.3 Å². The van der Waals surface area contributed by atoms with E-state index in [9.17, 15) is 53.4 Å². The second-order valence-electron chi connectivity index (χ2n) is 21.6. The Balaban J connectivity index is -0.000000655. The minimum absolute atomic E-state index is 0.0175. The number of aliphatic hydroxyl groups is 5. The first kappa shape index (κ1) is 91.6. The fourth-order valence-corrected chi connectivity index (χ4v) is 7.77. The van der Waals surface area contributed by atoms with Crippen molar-refractivity contribution in [3.05, 3.63) is 50.6 Å². The van der Waals surface area contributed by atoms with Gasteiger partial charge in [-0.05, 0) is 39.0 Å². The number of nitrogens with one attached hydrogen (secondary N) is 5. The predicted octanol–water partition coefficient (Wildman–Crippen LogP) is 4.72. The van der Waals surface area contributed by atoms with Crippen molar-refractivity contribution in [2.45, 2.75) is 150 Å². The largest absolute Gasteiger partial charge is 0.462 e. The lowest BCUT2D eigenvalue weighted by molar-refractivity contribution is -0.152. The van der Waals surface area contributed by atoms with E-state index in [-0.39, 0.29) is 96.8 Å². The van der Waals surface area contributed by atoms with Gasteiger partial charge in [0.25, 0.3) is 0 Å². The monoisotopic (exact) mass is 1320 g/mol. The van der Waals surface area contributed by atoms with Crippen LogP contribution in [0.15, 0.2) is 50.6 Å². The molecular formula is C64H119N9O19. The fraction of sp³-hybridized carbons (Fsp3) is 0.734. The quantitative estimate of drug-likeness (QED) is 0.0170. The predicted molar refractivity (Wildman–Crippen MR) is 353 cm³/mol. The Morgan fingerprint density at radius 1 is 0.391 bits per heavy atom. The summed E-state index contributed by atoms with van der Waals surface area (Å²) >= 11 is 0. The molecule has 0 bridgehead atoms. The summed E-state index contributed by atoms with van der Waals surface area (Å²) in [5.74, 6) is -3.58. The van der Waals surface area contributed by atoms with Crippen LogP contribution in [-0.2, 0) is 47.7 Å². The molecule has 0 aromatic rings. The third-order valence-electron chi connectivity index (χ3n) is 12.9. The Hall–Kier alpha value is -6.85. The first-order chi connectivity index (χ1) is 44.0. The molecule has 0 fully saturated rings. The van der Waals surface area contributed by atoms with Crippen molar-refractivity contribution in [3.63, 3.8) is 0 Å². The van der Waals surface area contributed by atoms with Crippen LogP contribution in [0.5, 0.6) is 0 Å². The molecule has 0 aliphatic carbocycles. The number of carbonyl (C=O) groups excluding carboxylic acids is 9. The Kier molecular flexibility index (Phi) is 62.6. The molecule has 0 saturated carbocycles. The van der Waals surface area contributed by atoms with Crippen LogP contribution < -0.4 is 26.6 Å². The lowest BCUT2D eigenvalue weighted by Gasteiger charge is -2.34. The minimum Gasteiger partial charge on any atom is -0.462 e. The van der Waals surface area contributed by atoms with Crippen molar-refractivity contribution in [3.8, 4) is 0 Å². The van der Waals surface area contributed by atoms with Gasteiger partial charge in [0.05, 0.1) is 46.2 Å². The van der Waals surface area contributed by atoms with Crippen molar-refractivity contribution in [2.75, 3.05) is 151 Å². The third kappa shape index (κ3) is 53.8. The van der Waals surface area contributed by atoms with Crippen molar-refractivity contribution in [2.24, 2.45) is 5.41 Å². The summed E-state index contributed by atoms with van der Waals surface area (Å²) in [6.07, 6.45) is 19.4. The fourth-order valence-electron chi connectivity index (χ4n) is 7.77. The van der Waals surface area contributed by atoms with Gasteiger partial charge in [-0.1, -0.05) is 126 Å². The average molecular weight is 1320 g/mol. The van der Waals surface area contributed by atoms with Crippen LogP contribution in [-0.4, -0.2) is 256 Å². The van der Waals surface area contributed by atoms with Crippen molar-refractivity contribution in [1.82, 2.24) is 46.2 Å². The zero-order valence-corrected chi connectivity index (χ0v) is 56.7. The minimum atomic E-state index is -1.41. The molecule has 534 valence electrons. The second kappa shape index (κ2) is 62.9. The van der Waals surface area contributed by atoms with Gasteiger partial charge in [-0.15, -0.1) is 0 Å². The molecule has 0 aromatic heterocycles. The van der Waals surface area contributed by atoms with Gasteiger partial charge in [0.15, 0.2) is 0 Å². The lowest BCUT2D eigenvalue weighted by atomic mass is 9.88. The van der Waals surface area contributed by atoms with Crippen LogP contribution in [0, 0.1) is 5.41 Å². The molecule has 0 aromatic carbocycles. The van der Waals surface area contributed by atoms with Gasteiger partial charge < -0.3 is 95.4 Å². The maximum atomic E-state index is 13.3. The van der Waals surface area contributed by atoms with Gasteiger partial charge in [0.2, 0.25) is 5.91 Å². The van der Waals surface area contributed by atoms with Gasteiger partial charge in [0.1, 0.15) is 32.0 Å². The highest BCUT2D eigenvalue weighted by Crippen LogP contribution is 2.25. The number of urea groups is 4. The van der Waals surface area contributed by atoms with Gasteiger partial charge in [-0.3, -0.25) is 4.79 Å². The molecule has 9 amide bonds. The van der Waals surface area contributed by atoms with E-state index in [1.165, 1.54) is 61.7 Å². The molecule has 92 heavy (non-hydrogen) atoms. The standard InChI is InChI=1S/C29H43N3O12.C13H28N2O.2C11H24N2O3/c1-7-23(36)41-18-28(5,19-42-24(37)8-2)17-22(35)31(13-15-33)11-12-32(14-16-34)27(40)30-29(6,20-43-25(38)9-3)21-44-26(39)10-4;1-4-7-8-9-10-14-13(16)15(11-5-2)12-6-3;1-2-3-4-5-6-12-11(15)13-7-9-16-10-8-14;1-2-3-4-5-6-12-11(16)13(7-9-14)8-10-15/h7-10,33-34H,1-4,11-21H2,5-6H3,(H,30,40);4-12H2,1-3H3,(H,14,16);14H,2-10H2,1H3,(H2,12,13,15);14-15H,2-10H2,1H3,(H,12,16). The van der Waals surface area contributed by atoms with E-state index in [2.05, 4.69) is 87.5 Å². The molecule has 0 radical (unpaired) electrons. The molecule has 0 rings (SSSR count). The Morgan fingerprint density at radius 3 is 1.11 bits per heavy atom. The number of carbonyl (C=O) groups is 9. The summed E-state index contributed by atoms with van der Waals surface area (Å²) in [4.78, 5) is 113. The lowest BCUT2D eigenvalue weighted by Crippen LogP contribution is -2.58. The summed E-state index contributed by atoms with van der Waals surface area (Å²) in [6.45, 7) is 29.7. The molecule has 0 heterocycles. The molecule has 0 atom stereocenters. The van der Waals surface area contributed by atoms with Crippen LogP contribution in [0.2, 0.25) is 0 Å². The number of nitrogens with zero attached hydrogens (tertiary/aromatic N) is 4. The normalized spacial score (nSPS) is 10.5. The van der Waals surface area contributed by atoms with Crippen LogP contribution in [0.25, 0.3) is 0 Å². The zero-order valence-electron chi connectivity index (χ0n) is 56.7. The Labute approximate surface area is 548 Å². The highest BCUT2D eigenvalue weighted by atomic mass is 16.6. The number of aliphatic hydroxyl groups excluding tert-OH is 5. The second-order valence-corrected chi connectivity index (χ2v) is 21.6. The zero-order chi connectivity index (χ0) is 70.3.